The number of aliphatic hydroxyl groups is 1. The quantitative estimate of drug-likeness (QED) is 0.559. The number of rotatable bonds is 6. The first kappa shape index (κ1) is 18.8. The Hall–Kier alpha value is -2.99. The van der Waals surface area contributed by atoms with Crippen molar-refractivity contribution in [1.82, 2.24) is 4.98 Å². The predicted molar refractivity (Wildman–Crippen MR) is 102 cm³/mol. The van der Waals surface area contributed by atoms with Crippen molar-refractivity contribution in [2.45, 2.75) is 13.3 Å². The number of anilines is 1. The van der Waals surface area contributed by atoms with Crippen LogP contribution >= 0.6 is 0 Å². The van der Waals surface area contributed by atoms with E-state index in [-0.39, 0.29) is 17.9 Å². The maximum absolute atomic E-state index is 14.3. The summed E-state index contributed by atoms with van der Waals surface area (Å²) < 4.78 is 28.0. The van der Waals surface area contributed by atoms with Gasteiger partial charge in [0, 0.05) is 24.3 Å². The molecule has 0 saturated heterocycles. The topological polar surface area (TPSA) is 65.4 Å². The summed E-state index contributed by atoms with van der Waals surface area (Å²) in [7, 11) is 0. The third-order valence-electron chi connectivity index (χ3n) is 4.16. The number of nitrogens with zero attached hydrogens (tertiary/aromatic N) is 1. The molecule has 6 heteroatoms. The highest BCUT2D eigenvalue weighted by atomic mass is 19.2. The van der Waals surface area contributed by atoms with Crippen molar-refractivity contribution in [3.8, 4) is 28.1 Å². The van der Waals surface area contributed by atoms with Crippen LogP contribution in [0.2, 0.25) is 0 Å². The number of aromatic nitrogens is 1. The molecule has 0 atom stereocenters. The molecular formula is C21H20F2N2O2. The Balaban J connectivity index is 2.14. The van der Waals surface area contributed by atoms with Gasteiger partial charge in [0.25, 0.3) is 0 Å². The molecule has 0 fully saturated rings. The van der Waals surface area contributed by atoms with Gasteiger partial charge in [-0.1, -0.05) is 23.8 Å². The molecule has 3 N–H and O–H groups in total. The van der Waals surface area contributed by atoms with Crippen LogP contribution in [0.5, 0.6) is 5.75 Å². The lowest BCUT2D eigenvalue weighted by atomic mass is 10.0. The fourth-order valence-electron chi connectivity index (χ4n) is 2.79. The lowest BCUT2D eigenvalue weighted by Gasteiger charge is -2.13. The van der Waals surface area contributed by atoms with Crippen molar-refractivity contribution in [1.29, 1.82) is 0 Å². The van der Waals surface area contributed by atoms with Gasteiger partial charge in [0.15, 0.2) is 11.6 Å². The van der Waals surface area contributed by atoms with E-state index in [2.05, 4.69) is 10.3 Å². The molecule has 2 aromatic carbocycles. The third kappa shape index (κ3) is 4.23. The van der Waals surface area contributed by atoms with Crippen LogP contribution in [0.15, 0.2) is 48.5 Å². The number of pyridine rings is 1. The van der Waals surface area contributed by atoms with Gasteiger partial charge in [0.1, 0.15) is 11.6 Å². The average molecular weight is 370 g/mol. The minimum absolute atomic E-state index is 0.0245. The smallest absolute Gasteiger partial charge is 0.166 e. The Morgan fingerprint density at radius 1 is 1.04 bits per heavy atom. The minimum Gasteiger partial charge on any atom is -0.507 e. The van der Waals surface area contributed by atoms with Crippen molar-refractivity contribution < 1.29 is 19.0 Å². The van der Waals surface area contributed by atoms with Crippen LogP contribution in [0.3, 0.4) is 0 Å². The van der Waals surface area contributed by atoms with E-state index in [9.17, 15) is 13.9 Å². The fraction of sp³-hybridized carbons (Fsp3) is 0.190. The van der Waals surface area contributed by atoms with E-state index in [1.807, 2.05) is 6.92 Å². The Labute approximate surface area is 156 Å². The molecular weight excluding hydrogens is 350 g/mol. The van der Waals surface area contributed by atoms with Crippen molar-refractivity contribution in [2.75, 3.05) is 18.5 Å². The van der Waals surface area contributed by atoms with Crippen LogP contribution in [0.25, 0.3) is 22.4 Å². The van der Waals surface area contributed by atoms with Crippen LogP contribution in [-0.2, 0) is 0 Å². The van der Waals surface area contributed by atoms with Crippen molar-refractivity contribution in [3.63, 3.8) is 0 Å². The lowest BCUT2D eigenvalue weighted by molar-refractivity contribution is 0.292. The number of aliphatic hydroxyl groups excluding tert-OH is 1. The highest BCUT2D eigenvalue weighted by Crippen LogP contribution is 2.34. The standard InChI is InChI=1S/C21H20F2N2O2/c1-13-6-7-19(27)16(10-13)18-11-14(12-20(25-18)24-8-3-9-26)15-4-2-5-17(22)21(15)23/h2,4-7,10-12,26-27H,3,8-9H2,1H3,(H,24,25). The van der Waals surface area contributed by atoms with E-state index in [1.54, 1.807) is 30.3 Å². The van der Waals surface area contributed by atoms with Crippen molar-refractivity contribution >= 4 is 5.82 Å². The first-order valence-corrected chi connectivity index (χ1v) is 8.61. The van der Waals surface area contributed by atoms with E-state index in [0.29, 0.717) is 35.6 Å². The molecule has 27 heavy (non-hydrogen) atoms. The number of phenolic OH excluding ortho intramolecular Hbond substituents is 1. The summed E-state index contributed by atoms with van der Waals surface area (Å²) in [5.41, 5.74) is 2.41. The Morgan fingerprint density at radius 3 is 2.63 bits per heavy atom. The van der Waals surface area contributed by atoms with Gasteiger partial charge >= 0.3 is 0 Å². The van der Waals surface area contributed by atoms with Gasteiger partial charge in [-0.2, -0.15) is 0 Å². The zero-order valence-electron chi connectivity index (χ0n) is 14.8. The highest BCUT2D eigenvalue weighted by molar-refractivity contribution is 5.76. The number of hydrogen-bond donors (Lipinski definition) is 3. The summed E-state index contributed by atoms with van der Waals surface area (Å²) in [6, 6.07) is 12.3. The molecule has 0 saturated carbocycles. The summed E-state index contributed by atoms with van der Waals surface area (Å²) in [5, 5.41) is 22.2. The summed E-state index contributed by atoms with van der Waals surface area (Å²) in [5.74, 6) is -1.38. The van der Waals surface area contributed by atoms with Gasteiger partial charge in [-0.3, -0.25) is 0 Å². The van der Waals surface area contributed by atoms with Crippen LogP contribution in [0.1, 0.15) is 12.0 Å². The second-order valence-corrected chi connectivity index (χ2v) is 6.25. The Morgan fingerprint density at radius 2 is 1.85 bits per heavy atom. The number of phenols is 1. The minimum atomic E-state index is -0.940. The molecule has 0 unspecified atom stereocenters. The lowest BCUT2D eigenvalue weighted by Crippen LogP contribution is -2.06. The number of benzene rings is 2. The summed E-state index contributed by atoms with van der Waals surface area (Å²) >= 11 is 0. The molecule has 0 amide bonds. The molecule has 4 nitrogen and oxygen atoms in total. The monoisotopic (exact) mass is 370 g/mol. The molecule has 0 aliphatic rings. The van der Waals surface area contributed by atoms with Gasteiger partial charge in [0.05, 0.1) is 5.69 Å². The van der Waals surface area contributed by atoms with Gasteiger partial charge in [-0.15, -0.1) is 0 Å². The SMILES string of the molecule is Cc1ccc(O)c(-c2cc(-c3cccc(F)c3F)cc(NCCCO)n2)c1. The molecule has 0 aliphatic heterocycles. The maximum atomic E-state index is 14.3. The number of aryl methyl sites for hydroxylation is 1. The number of halogens is 2. The first-order chi connectivity index (χ1) is 13.0. The van der Waals surface area contributed by atoms with Crippen LogP contribution < -0.4 is 5.32 Å². The molecule has 3 aromatic rings. The summed E-state index contributed by atoms with van der Waals surface area (Å²) in [6.45, 7) is 2.38. The van der Waals surface area contributed by atoms with E-state index in [4.69, 9.17) is 5.11 Å². The number of nitrogens with one attached hydrogen (secondary N) is 1. The van der Waals surface area contributed by atoms with Crippen LogP contribution in [0.4, 0.5) is 14.6 Å². The number of hydrogen-bond acceptors (Lipinski definition) is 4. The third-order valence-corrected chi connectivity index (χ3v) is 4.16. The van der Waals surface area contributed by atoms with Crippen molar-refractivity contribution in [3.05, 3.63) is 65.7 Å². The Kier molecular flexibility index (Phi) is 5.66. The zero-order valence-corrected chi connectivity index (χ0v) is 14.8. The highest BCUT2D eigenvalue weighted by Gasteiger charge is 2.14. The van der Waals surface area contributed by atoms with Crippen LogP contribution in [0, 0.1) is 18.6 Å². The fourth-order valence-corrected chi connectivity index (χ4v) is 2.79. The molecule has 1 aromatic heterocycles. The average Bonchev–Trinajstić information content (AvgIpc) is 2.66. The second kappa shape index (κ2) is 8.14. The van der Waals surface area contributed by atoms with Crippen LogP contribution in [-0.4, -0.2) is 28.3 Å². The molecule has 1 heterocycles. The second-order valence-electron chi connectivity index (χ2n) is 6.25. The molecule has 140 valence electrons. The van der Waals surface area contributed by atoms with E-state index in [0.717, 1.165) is 11.6 Å². The normalized spacial score (nSPS) is 10.8. The summed E-state index contributed by atoms with van der Waals surface area (Å²) in [4.78, 5) is 4.49. The van der Waals surface area contributed by atoms with Crippen molar-refractivity contribution in [2.24, 2.45) is 0 Å². The molecule has 0 aliphatic carbocycles. The van der Waals surface area contributed by atoms with E-state index in [1.165, 1.54) is 12.1 Å². The zero-order chi connectivity index (χ0) is 19.4. The van der Waals surface area contributed by atoms with Gasteiger partial charge in [0.2, 0.25) is 0 Å². The van der Waals surface area contributed by atoms with Gasteiger partial charge in [-0.25, -0.2) is 13.8 Å². The van der Waals surface area contributed by atoms with Gasteiger partial charge < -0.3 is 15.5 Å². The van der Waals surface area contributed by atoms with E-state index < -0.39 is 11.6 Å². The maximum Gasteiger partial charge on any atom is 0.166 e. The molecule has 0 bridgehead atoms. The van der Waals surface area contributed by atoms with Gasteiger partial charge in [-0.05, 0) is 49.2 Å². The predicted octanol–water partition coefficient (Wildman–Crippen LogP) is 4.50. The Bertz CT molecular complexity index is 941. The number of aromatic hydroxyl groups is 1. The molecule has 0 spiro atoms. The summed E-state index contributed by atoms with van der Waals surface area (Å²) in [6.07, 6.45) is 0.519. The first-order valence-electron chi connectivity index (χ1n) is 8.61. The molecule has 0 radical (unpaired) electrons. The van der Waals surface area contributed by atoms with E-state index >= 15 is 0 Å². The molecule has 3 rings (SSSR count). The largest absolute Gasteiger partial charge is 0.507 e.